The average molecular weight is 344 g/mol. The van der Waals surface area contributed by atoms with E-state index in [1.807, 2.05) is 0 Å². The first-order valence-corrected chi connectivity index (χ1v) is 6.77. The number of carboxylic acid groups (broad SMARTS) is 1. The van der Waals surface area contributed by atoms with Crippen molar-refractivity contribution in [1.82, 2.24) is 5.32 Å². The zero-order valence-electron chi connectivity index (χ0n) is 8.77. The van der Waals surface area contributed by atoms with E-state index < -0.39 is 5.97 Å². The van der Waals surface area contributed by atoms with Gasteiger partial charge in [0.25, 0.3) is 5.91 Å². The van der Waals surface area contributed by atoms with Crippen LogP contribution in [0.5, 0.6) is 0 Å². The maximum Gasteiger partial charge on any atom is 0.336 e. The fraction of sp³-hybridized carbons (Fsp3) is 0. The number of carbonyl (C=O) groups is 2. The molecule has 4 nitrogen and oxygen atoms in total. The smallest absolute Gasteiger partial charge is 0.336 e. The molecule has 0 radical (unpaired) electrons. The molecule has 1 heterocycles. The lowest BCUT2D eigenvalue weighted by Gasteiger charge is -2.02. The first-order valence-electron chi connectivity index (χ1n) is 4.75. The SMILES string of the molecule is O=C1NC(=S)SC1=Cc1ccc(Br)cc1C(=O)O. The van der Waals surface area contributed by atoms with E-state index in [0.717, 1.165) is 11.8 Å². The summed E-state index contributed by atoms with van der Waals surface area (Å²) in [4.78, 5) is 23.0. The molecular weight excluding hydrogens is 338 g/mol. The summed E-state index contributed by atoms with van der Waals surface area (Å²) >= 11 is 9.19. The molecule has 0 aromatic heterocycles. The maximum atomic E-state index is 11.5. The van der Waals surface area contributed by atoms with Gasteiger partial charge >= 0.3 is 5.97 Å². The van der Waals surface area contributed by atoms with Crippen LogP contribution in [-0.4, -0.2) is 21.3 Å². The summed E-state index contributed by atoms with van der Waals surface area (Å²) in [6.07, 6.45) is 1.52. The molecule has 1 aliphatic heterocycles. The molecule has 92 valence electrons. The van der Waals surface area contributed by atoms with Gasteiger partial charge in [-0.15, -0.1) is 0 Å². The zero-order chi connectivity index (χ0) is 13.3. The van der Waals surface area contributed by atoms with E-state index in [0.29, 0.717) is 19.3 Å². The molecule has 1 aliphatic rings. The molecule has 0 unspecified atom stereocenters. The highest BCUT2D eigenvalue weighted by Gasteiger charge is 2.22. The molecule has 1 saturated heterocycles. The van der Waals surface area contributed by atoms with Crippen molar-refractivity contribution in [3.05, 3.63) is 38.7 Å². The second-order valence-corrected chi connectivity index (χ2v) is 6.02. The van der Waals surface area contributed by atoms with E-state index in [9.17, 15) is 9.59 Å². The lowest BCUT2D eigenvalue weighted by molar-refractivity contribution is -0.115. The van der Waals surface area contributed by atoms with Crippen LogP contribution in [0.25, 0.3) is 6.08 Å². The summed E-state index contributed by atoms with van der Waals surface area (Å²) in [5.41, 5.74) is 0.594. The van der Waals surface area contributed by atoms with Crippen LogP contribution in [0.1, 0.15) is 15.9 Å². The monoisotopic (exact) mass is 343 g/mol. The van der Waals surface area contributed by atoms with Gasteiger partial charge in [0.05, 0.1) is 10.5 Å². The van der Waals surface area contributed by atoms with E-state index >= 15 is 0 Å². The Bertz CT molecular complexity index is 598. The number of halogens is 1. The summed E-state index contributed by atoms with van der Waals surface area (Å²) < 4.78 is 1.04. The van der Waals surface area contributed by atoms with E-state index in [-0.39, 0.29) is 11.5 Å². The minimum absolute atomic E-state index is 0.128. The molecule has 1 aromatic carbocycles. The summed E-state index contributed by atoms with van der Waals surface area (Å²) in [6, 6.07) is 4.84. The van der Waals surface area contributed by atoms with Gasteiger partial charge in [0.2, 0.25) is 0 Å². The number of amides is 1. The Morgan fingerprint density at radius 2 is 2.22 bits per heavy atom. The number of aromatic carboxylic acids is 1. The van der Waals surface area contributed by atoms with E-state index in [2.05, 4.69) is 21.2 Å². The van der Waals surface area contributed by atoms with Crippen molar-refractivity contribution < 1.29 is 14.7 Å². The van der Waals surface area contributed by atoms with Crippen LogP contribution in [0.4, 0.5) is 0 Å². The molecule has 0 saturated carbocycles. The van der Waals surface area contributed by atoms with Crippen LogP contribution < -0.4 is 5.32 Å². The highest BCUT2D eigenvalue weighted by molar-refractivity contribution is 9.10. The number of thiocarbonyl (C=S) groups is 1. The number of benzene rings is 1. The number of carboxylic acids is 1. The van der Waals surface area contributed by atoms with E-state index in [4.69, 9.17) is 17.3 Å². The van der Waals surface area contributed by atoms with Crippen molar-refractivity contribution >= 4 is 62.2 Å². The summed E-state index contributed by atoms with van der Waals surface area (Å²) in [6.45, 7) is 0. The maximum absolute atomic E-state index is 11.5. The Labute approximate surface area is 121 Å². The van der Waals surface area contributed by atoms with Crippen LogP contribution in [0.2, 0.25) is 0 Å². The Morgan fingerprint density at radius 1 is 1.50 bits per heavy atom. The highest BCUT2D eigenvalue weighted by atomic mass is 79.9. The van der Waals surface area contributed by atoms with Gasteiger partial charge in [-0.1, -0.05) is 46.0 Å². The lowest BCUT2D eigenvalue weighted by Crippen LogP contribution is -2.17. The molecule has 1 aromatic rings. The summed E-state index contributed by atoms with van der Waals surface area (Å²) in [5.74, 6) is -1.35. The minimum atomic E-state index is -1.05. The van der Waals surface area contributed by atoms with Gasteiger partial charge in [0, 0.05) is 4.47 Å². The number of thioether (sulfide) groups is 1. The minimum Gasteiger partial charge on any atom is -0.478 e. The fourth-order valence-corrected chi connectivity index (χ4v) is 2.80. The van der Waals surface area contributed by atoms with Crippen LogP contribution in [0.15, 0.2) is 27.6 Å². The third-order valence-electron chi connectivity index (χ3n) is 2.17. The van der Waals surface area contributed by atoms with Crippen molar-refractivity contribution in [3.8, 4) is 0 Å². The van der Waals surface area contributed by atoms with Crippen molar-refractivity contribution in [2.75, 3.05) is 0 Å². The Hall–Kier alpha value is -1.18. The standard InChI is InChI=1S/C11H6BrNO3S2/c12-6-2-1-5(7(4-6)10(15)16)3-8-9(14)13-11(17)18-8/h1-4H,(H,15,16)(H,13,14,17). The molecule has 7 heteroatoms. The van der Waals surface area contributed by atoms with E-state index in [1.165, 1.54) is 12.1 Å². The van der Waals surface area contributed by atoms with Crippen molar-refractivity contribution in [2.24, 2.45) is 0 Å². The normalized spacial score (nSPS) is 17.1. The fourth-order valence-electron chi connectivity index (χ4n) is 1.40. The average Bonchev–Trinajstić information content (AvgIpc) is 2.60. The van der Waals surface area contributed by atoms with E-state index in [1.54, 1.807) is 12.1 Å². The second-order valence-electron chi connectivity index (χ2n) is 3.39. The Kier molecular flexibility index (Phi) is 3.84. The first-order chi connectivity index (χ1) is 8.47. The molecule has 1 amide bonds. The largest absolute Gasteiger partial charge is 0.478 e. The predicted octanol–water partition coefficient (Wildman–Crippen LogP) is 2.64. The van der Waals surface area contributed by atoms with Crippen LogP contribution in [0, 0.1) is 0 Å². The van der Waals surface area contributed by atoms with Crippen molar-refractivity contribution in [1.29, 1.82) is 0 Å². The van der Waals surface area contributed by atoms with Crippen LogP contribution in [-0.2, 0) is 4.79 Å². The topological polar surface area (TPSA) is 66.4 Å². The molecule has 0 aliphatic carbocycles. The molecule has 1 fully saturated rings. The molecule has 2 N–H and O–H groups in total. The van der Waals surface area contributed by atoms with Gasteiger partial charge < -0.3 is 10.4 Å². The number of rotatable bonds is 2. The Morgan fingerprint density at radius 3 is 2.78 bits per heavy atom. The van der Waals surface area contributed by atoms with Crippen LogP contribution >= 0.6 is 39.9 Å². The highest BCUT2D eigenvalue weighted by Crippen LogP contribution is 2.27. The van der Waals surface area contributed by atoms with Gasteiger partial charge in [-0.3, -0.25) is 4.79 Å². The predicted molar refractivity (Wildman–Crippen MR) is 77.4 cm³/mol. The van der Waals surface area contributed by atoms with Gasteiger partial charge in [0.15, 0.2) is 0 Å². The van der Waals surface area contributed by atoms with Gasteiger partial charge in [-0.05, 0) is 23.8 Å². The number of hydrogen-bond acceptors (Lipinski definition) is 4. The molecule has 0 bridgehead atoms. The van der Waals surface area contributed by atoms with Crippen molar-refractivity contribution in [3.63, 3.8) is 0 Å². The summed E-state index contributed by atoms with van der Waals surface area (Å²) in [7, 11) is 0. The van der Waals surface area contributed by atoms with Crippen molar-refractivity contribution in [2.45, 2.75) is 0 Å². The first kappa shape index (κ1) is 13.3. The molecule has 18 heavy (non-hydrogen) atoms. The second kappa shape index (κ2) is 5.21. The van der Waals surface area contributed by atoms with Gasteiger partial charge in [0.1, 0.15) is 4.32 Å². The Balaban J connectivity index is 2.46. The quantitative estimate of drug-likeness (QED) is 0.638. The van der Waals surface area contributed by atoms with Crippen LogP contribution in [0.3, 0.4) is 0 Å². The molecule has 0 atom stereocenters. The van der Waals surface area contributed by atoms with Gasteiger partial charge in [-0.25, -0.2) is 4.79 Å². The molecular formula is C11H6BrNO3S2. The third kappa shape index (κ3) is 2.80. The molecule has 0 spiro atoms. The summed E-state index contributed by atoms with van der Waals surface area (Å²) in [5, 5.41) is 11.6. The third-order valence-corrected chi connectivity index (χ3v) is 3.83. The van der Waals surface area contributed by atoms with Gasteiger partial charge in [-0.2, -0.15) is 0 Å². The zero-order valence-corrected chi connectivity index (χ0v) is 12.0. The number of carbonyl (C=O) groups excluding carboxylic acids is 1. The molecule has 2 rings (SSSR count). The number of hydrogen-bond donors (Lipinski definition) is 2. The lowest BCUT2D eigenvalue weighted by atomic mass is 10.1. The number of nitrogens with one attached hydrogen (secondary N) is 1.